The number of carboxylic acid groups (broad SMARTS) is 1. The van der Waals surface area contributed by atoms with Crippen molar-refractivity contribution in [2.45, 2.75) is 30.5 Å². The third-order valence-corrected chi connectivity index (χ3v) is 5.02. The summed E-state index contributed by atoms with van der Waals surface area (Å²) in [4.78, 5) is 15.4. The SMILES string of the molecule is CC1(n2c(SCC(=O)O)nc3cc(I)ccc32)CC1. The van der Waals surface area contributed by atoms with E-state index in [9.17, 15) is 4.79 Å². The van der Waals surface area contributed by atoms with E-state index in [1.165, 1.54) is 11.8 Å². The van der Waals surface area contributed by atoms with Crippen LogP contribution in [-0.2, 0) is 10.3 Å². The van der Waals surface area contributed by atoms with Crippen molar-refractivity contribution in [3.05, 3.63) is 21.8 Å². The first-order valence-corrected chi connectivity index (χ1v) is 8.09. The number of hydrogen-bond donors (Lipinski definition) is 1. The number of aromatic nitrogens is 2. The van der Waals surface area contributed by atoms with Crippen LogP contribution >= 0.6 is 34.4 Å². The molecule has 1 aliphatic rings. The van der Waals surface area contributed by atoms with Gasteiger partial charge in [0.15, 0.2) is 5.16 Å². The number of thioether (sulfide) groups is 1. The number of fused-ring (bicyclic) bond motifs is 1. The summed E-state index contributed by atoms with van der Waals surface area (Å²) in [6.07, 6.45) is 2.26. The summed E-state index contributed by atoms with van der Waals surface area (Å²) in [5.41, 5.74) is 2.17. The zero-order valence-corrected chi connectivity index (χ0v) is 13.4. The number of hydrogen-bond acceptors (Lipinski definition) is 3. The Labute approximate surface area is 128 Å². The minimum absolute atomic E-state index is 0.0521. The quantitative estimate of drug-likeness (QED) is 0.645. The van der Waals surface area contributed by atoms with Crippen LogP contribution < -0.4 is 0 Å². The zero-order valence-electron chi connectivity index (χ0n) is 10.4. The highest BCUT2D eigenvalue weighted by molar-refractivity contribution is 14.1. The molecular weight excluding hydrogens is 375 g/mol. The molecule has 1 aromatic heterocycles. The molecule has 2 aromatic rings. The molecule has 0 aliphatic heterocycles. The van der Waals surface area contributed by atoms with Crippen LogP contribution in [0.5, 0.6) is 0 Å². The minimum atomic E-state index is -0.806. The van der Waals surface area contributed by atoms with E-state index in [1.807, 2.05) is 6.07 Å². The van der Waals surface area contributed by atoms with Crippen LogP contribution in [0.1, 0.15) is 19.8 Å². The molecule has 0 unspecified atom stereocenters. The minimum Gasteiger partial charge on any atom is -0.481 e. The van der Waals surface area contributed by atoms with Crippen molar-refractivity contribution in [2.75, 3.05) is 5.75 Å². The standard InChI is InChI=1S/C13H13IN2O2S/c1-13(4-5-13)16-10-3-2-8(14)6-9(10)15-12(16)19-7-11(17)18/h2-3,6H,4-5,7H2,1H3,(H,17,18). The van der Waals surface area contributed by atoms with Gasteiger partial charge in [0.25, 0.3) is 0 Å². The molecule has 3 rings (SSSR count). The van der Waals surface area contributed by atoms with Gasteiger partial charge in [-0.2, -0.15) is 0 Å². The van der Waals surface area contributed by atoms with Crippen LogP contribution in [-0.4, -0.2) is 26.4 Å². The van der Waals surface area contributed by atoms with Crippen molar-refractivity contribution in [1.82, 2.24) is 9.55 Å². The number of carboxylic acids is 1. The highest BCUT2D eigenvalue weighted by Crippen LogP contribution is 2.47. The van der Waals surface area contributed by atoms with Crippen LogP contribution in [0.25, 0.3) is 11.0 Å². The Bertz CT molecular complexity index is 664. The van der Waals surface area contributed by atoms with Crippen molar-refractivity contribution in [3.8, 4) is 0 Å². The molecule has 0 spiro atoms. The molecule has 4 nitrogen and oxygen atoms in total. The van der Waals surface area contributed by atoms with Crippen LogP contribution in [0, 0.1) is 3.57 Å². The molecule has 0 atom stereocenters. The van der Waals surface area contributed by atoms with E-state index in [0.29, 0.717) is 0 Å². The Balaban J connectivity index is 2.11. The molecule has 19 heavy (non-hydrogen) atoms. The fraction of sp³-hybridized carbons (Fsp3) is 0.385. The maximum absolute atomic E-state index is 10.8. The second kappa shape index (κ2) is 4.66. The summed E-state index contributed by atoms with van der Waals surface area (Å²) in [5.74, 6) is -0.754. The van der Waals surface area contributed by atoms with Gasteiger partial charge in [-0.1, -0.05) is 11.8 Å². The fourth-order valence-corrected chi connectivity index (χ4v) is 3.52. The Morgan fingerprint density at radius 2 is 2.32 bits per heavy atom. The summed E-state index contributed by atoms with van der Waals surface area (Å²) in [7, 11) is 0. The third-order valence-electron chi connectivity index (χ3n) is 3.42. The van der Waals surface area contributed by atoms with E-state index >= 15 is 0 Å². The Morgan fingerprint density at radius 1 is 1.58 bits per heavy atom. The monoisotopic (exact) mass is 388 g/mol. The largest absolute Gasteiger partial charge is 0.481 e. The van der Waals surface area contributed by atoms with Crippen molar-refractivity contribution in [2.24, 2.45) is 0 Å². The molecule has 1 N–H and O–H groups in total. The lowest BCUT2D eigenvalue weighted by Gasteiger charge is -2.15. The van der Waals surface area contributed by atoms with Gasteiger partial charge >= 0.3 is 5.97 Å². The summed E-state index contributed by atoms with van der Waals surface area (Å²) in [5, 5.41) is 9.66. The lowest BCUT2D eigenvalue weighted by atomic mass is 10.2. The molecular formula is C13H13IN2O2S. The molecule has 0 bridgehead atoms. The smallest absolute Gasteiger partial charge is 0.313 e. The van der Waals surface area contributed by atoms with Crippen LogP contribution in [0.2, 0.25) is 0 Å². The predicted molar refractivity (Wildman–Crippen MR) is 83.7 cm³/mol. The molecule has 1 fully saturated rings. The highest BCUT2D eigenvalue weighted by atomic mass is 127. The van der Waals surface area contributed by atoms with Gasteiger partial charge in [0, 0.05) is 9.11 Å². The van der Waals surface area contributed by atoms with Crippen molar-refractivity contribution >= 4 is 51.4 Å². The van der Waals surface area contributed by atoms with Crippen LogP contribution in [0.4, 0.5) is 0 Å². The van der Waals surface area contributed by atoms with Crippen LogP contribution in [0.15, 0.2) is 23.4 Å². The van der Waals surface area contributed by atoms with Crippen LogP contribution in [0.3, 0.4) is 0 Å². The summed E-state index contributed by atoms with van der Waals surface area (Å²) in [6, 6.07) is 6.19. The van der Waals surface area contributed by atoms with E-state index in [1.54, 1.807) is 0 Å². The average molecular weight is 388 g/mol. The van der Waals surface area contributed by atoms with Gasteiger partial charge in [-0.15, -0.1) is 0 Å². The number of rotatable bonds is 4. The van der Waals surface area contributed by atoms with Crippen molar-refractivity contribution < 1.29 is 9.90 Å². The second-order valence-electron chi connectivity index (χ2n) is 5.04. The van der Waals surface area contributed by atoms with E-state index in [4.69, 9.17) is 5.11 Å². The van der Waals surface area contributed by atoms with Gasteiger partial charge in [0.1, 0.15) is 0 Å². The predicted octanol–water partition coefficient (Wildman–Crippen LogP) is 3.33. The first-order chi connectivity index (χ1) is 8.99. The lowest BCUT2D eigenvalue weighted by molar-refractivity contribution is -0.133. The van der Waals surface area contributed by atoms with Gasteiger partial charge in [-0.25, -0.2) is 4.98 Å². The maximum atomic E-state index is 10.8. The van der Waals surface area contributed by atoms with Gasteiger partial charge in [0.05, 0.1) is 16.8 Å². The van der Waals surface area contributed by atoms with Gasteiger partial charge in [0.2, 0.25) is 0 Å². The summed E-state index contributed by atoms with van der Waals surface area (Å²) >= 11 is 3.57. The number of aliphatic carboxylic acids is 1. The van der Waals surface area contributed by atoms with Crippen molar-refractivity contribution in [3.63, 3.8) is 0 Å². The molecule has 0 radical (unpaired) electrons. The molecule has 6 heteroatoms. The molecule has 100 valence electrons. The van der Waals surface area contributed by atoms with Gasteiger partial charge < -0.3 is 9.67 Å². The van der Waals surface area contributed by atoms with E-state index in [0.717, 1.165) is 32.6 Å². The number of nitrogens with zero attached hydrogens (tertiary/aromatic N) is 2. The Kier molecular flexibility index (Phi) is 3.24. The normalized spacial score (nSPS) is 16.7. The number of halogens is 1. The highest BCUT2D eigenvalue weighted by Gasteiger charge is 2.42. The lowest BCUT2D eigenvalue weighted by Crippen LogP contribution is -2.14. The summed E-state index contributed by atoms with van der Waals surface area (Å²) < 4.78 is 3.36. The molecule has 1 aromatic carbocycles. The number of carbonyl (C=O) groups is 1. The molecule has 0 amide bonds. The van der Waals surface area contributed by atoms with E-state index in [2.05, 4.69) is 51.2 Å². The molecule has 1 saturated carbocycles. The van der Waals surface area contributed by atoms with E-state index in [-0.39, 0.29) is 11.3 Å². The van der Waals surface area contributed by atoms with E-state index < -0.39 is 5.97 Å². The average Bonchev–Trinajstić information content (AvgIpc) is 2.97. The van der Waals surface area contributed by atoms with Crippen molar-refractivity contribution in [1.29, 1.82) is 0 Å². The zero-order chi connectivity index (χ0) is 13.6. The van der Waals surface area contributed by atoms with Gasteiger partial charge in [-0.05, 0) is 60.6 Å². The van der Waals surface area contributed by atoms with Gasteiger partial charge in [-0.3, -0.25) is 4.79 Å². The second-order valence-corrected chi connectivity index (χ2v) is 7.23. The summed E-state index contributed by atoms with van der Waals surface area (Å²) in [6.45, 7) is 2.21. The third kappa shape index (κ3) is 2.47. The topological polar surface area (TPSA) is 55.1 Å². The fourth-order valence-electron chi connectivity index (χ4n) is 2.18. The molecule has 0 saturated heterocycles. The number of benzene rings is 1. The Morgan fingerprint density at radius 3 is 2.95 bits per heavy atom. The maximum Gasteiger partial charge on any atom is 0.313 e. The molecule has 1 heterocycles. The first kappa shape index (κ1) is 13.2. The number of imidazole rings is 1. The Hall–Kier alpha value is -0.760. The molecule has 1 aliphatic carbocycles. The first-order valence-electron chi connectivity index (χ1n) is 6.03.